The van der Waals surface area contributed by atoms with Crippen LogP contribution in [0.5, 0.6) is 5.75 Å². The molecule has 5 rings (SSSR count). The molecule has 35 heavy (non-hydrogen) atoms. The number of aromatic nitrogens is 2. The minimum Gasteiger partial charge on any atom is -0.482 e. The highest BCUT2D eigenvalue weighted by molar-refractivity contribution is 6.35. The summed E-state index contributed by atoms with van der Waals surface area (Å²) in [5.74, 6) is 0.257. The van der Waals surface area contributed by atoms with Gasteiger partial charge in [-0.3, -0.25) is 10.2 Å². The van der Waals surface area contributed by atoms with Crippen LogP contribution in [-0.2, 0) is 5.60 Å². The smallest absolute Gasteiger partial charge is 0.286 e. The highest BCUT2D eigenvalue weighted by atomic mass is 35.5. The van der Waals surface area contributed by atoms with Crippen LogP contribution in [0, 0.1) is 11.3 Å². The van der Waals surface area contributed by atoms with Gasteiger partial charge >= 0.3 is 0 Å². The summed E-state index contributed by atoms with van der Waals surface area (Å²) in [5.41, 5.74) is 5.61. The van der Waals surface area contributed by atoms with Crippen molar-refractivity contribution in [3.05, 3.63) is 63.3 Å². The van der Waals surface area contributed by atoms with E-state index in [2.05, 4.69) is 11.5 Å². The maximum absolute atomic E-state index is 13.6. The highest BCUT2D eigenvalue weighted by Gasteiger charge is 2.41. The van der Waals surface area contributed by atoms with Crippen molar-refractivity contribution in [3.8, 4) is 28.8 Å². The lowest BCUT2D eigenvalue weighted by molar-refractivity contribution is 0.0760. The van der Waals surface area contributed by atoms with Crippen LogP contribution in [0.4, 0.5) is 0 Å². The van der Waals surface area contributed by atoms with Crippen LogP contribution >= 0.6 is 23.2 Å². The first-order valence-corrected chi connectivity index (χ1v) is 12.4. The average molecular weight is 510 g/mol. The number of hydrazine groups is 1. The Morgan fingerprint density at radius 2 is 1.86 bits per heavy atom. The number of rotatable bonds is 3. The molecule has 0 atom stereocenters. The number of carbonyl (C=O) groups is 1. The summed E-state index contributed by atoms with van der Waals surface area (Å²) in [6.45, 7) is 5.40. The first-order valence-electron chi connectivity index (χ1n) is 11.7. The molecule has 0 radical (unpaired) electrons. The predicted molar refractivity (Wildman–Crippen MR) is 135 cm³/mol. The Morgan fingerprint density at radius 3 is 2.54 bits per heavy atom. The number of amides is 1. The lowest BCUT2D eigenvalue weighted by Crippen LogP contribution is -2.44. The maximum atomic E-state index is 13.6. The Balaban J connectivity index is 1.70. The lowest BCUT2D eigenvalue weighted by Gasteiger charge is -2.33. The van der Waals surface area contributed by atoms with Gasteiger partial charge in [0.25, 0.3) is 5.91 Å². The van der Waals surface area contributed by atoms with Gasteiger partial charge in [-0.05, 0) is 63.1 Å². The van der Waals surface area contributed by atoms with E-state index in [1.165, 1.54) is 0 Å². The number of nitrogens with one attached hydrogen (secondary N) is 1. The Morgan fingerprint density at radius 1 is 1.11 bits per heavy atom. The molecule has 3 heterocycles. The average Bonchev–Trinajstić information content (AvgIpc) is 3.04. The van der Waals surface area contributed by atoms with Crippen molar-refractivity contribution < 1.29 is 9.53 Å². The van der Waals surface area contributed by atoms with Crippen molar-refractivity contribution in [1.29, 1.82) is 5.26 Å². The maximum Gasteiger partial charge on any atom is 0.286 e. The van der Waals surface area contributed by atoms with Crippen molar-refractivity contribution in [2.24, 2.45) is 0 Å². The number of halogens is 2. The van der Waals surface area contributed by atoms with Crippen LogP contribution in [0.1, 0.15) is 61.1 Å². The number of nitriles is 1. The summed E-state index contributed by atoms with van der Waals surface area (Å²) in [6.07, 6.45) is 4.40. The van der Waals surface area contributed by atoms with E-state index in [4.69, 9.17) is 33.0 Å². The number of hydrogen-bond acceptors (Lipinski definition) is 5. The van der Waals surface area contributed by atoms with Gasteiger partial charge in [-0.15, -0.1) is 0 Å². The Labute approximate surface area is 214 Å². The number of carbonyl (C=O) groups excluding carboxylic acids is 1. The van der Waals surface area contributed by atoms with E-state index in [-0.39, 0.29) is 11.6 Å². The van der Waals surface area contributed by atoms with Gasteiger partial charge in [0.15, 0.2) is 5.69 Å². The number of ether oxygens (including phenoxy) is 1. The minimum absolute atomic E-state index is 0.273. The van der Waals surface area contributed by atoms with Crippen molar-refractivity contribution in [3.63, 3.8) is 0 Å². The molecule has 0 aliphatic carbocycles. The molecular formula is C26H25Cl2N5O2. The quantitative estimate of drug-likeness (QED) is 0.477. The zero-order chi connectivity index (χ0) is 24.7. The molecule has 0 saturated carbocycles. The molecule has 0 unspecified atom stereocenters. The second kappa shape index (κ2) is 9.19. The van der Waals surface area contributed by atoms with Crippen LogP contribution in [0.25, 0.3) is 16.9 Å². The Hall–Kier alpha value is -3.05. The minimum atomic E-state index is -0.890. The summed E-state index contributed by atoms with van der Waals surface area (Å²) < 4.78 is 8.02. The number of fused-ring (bicyclic) bond motifs is 3. The van der Waals surface area contributed by atoms with Gasteiger partial charge in [-0.25, -0.2) is 9.69 Å². The molecule has 0 bridgehead atoms. The first kappa shape index (κ1) is 23.7. The molecule has 1 fully saturated rings. The highest BCUT2D eigenvalue weighted by Crippen LogP contribution is 2.48. The van der Waals surface area contributed by atoms with E-state index in [1.807, 2.05) is 24.9 Å². The van der Waals surface area contributed by atoms with Crippen LogP contribution in [-0.4, -0.2) is 33.8 Å². The van der Waals surface area contributed by atoms with Crippen LogP contribution in [0.2, 0.25) is 10.0 Å². The summed E-state index contributed by atoms with van der Waals surface area (Å²) >= 11 is 12.7. The molecule has 9 heteroatoms. The molecule has 1 amide bonds. The largest absolute Gasteiger partial charge is 0.482 e. The monoisotopic (exact) mass is 509 g/mol. The Kier molecular flexibility index (Phi) is 6.22. The zero-order valence-corrected chi connectivity index (χ0v) is 21.1. The molecule has 2 aliphatic heterocycles. The topological polar surface area (TPSA) is 83.2 Å². The van der Waals surface area contributed by atoms with Crippen LogP contribution in [0.15, 0.2) is 36.4 Å². The zero-order valence-electron chi connectivity index (χ0n) is 19.6. The molecule has 2 aromatic carbocycles. The van der Waals surface area contributed by atoms with Crippen molar-refractivity contribution >= 4 is 29.1 Å². The van der Waals surface area contributed by atoms with E-state index in [9.17, 15) is 10.1 Å². The summed E-state index contributed by atoms with van der Waals surface area (Å²) in [6, 6.07) is 12.6. The fraction of sp³-hybridized carbons (Fsp3) is 0.346. The first-order chi connectivity index (χ1) is 16.8. The fourth-order valence-electron chi connectivity index (χ4n) is 4.80. The third-order valence-electron chi connectivity index (χ3n) is 6.44. The molecule has 7 nitrogen and oxygen atoms in total. The molecule has 1 aromatic heterocycles. The van der Waals surface area contributed by atoms with E-state index >= 15 is 0 Å². The molecule has 0 spiro atoms. The van der Waals surface area contributed by atoms with Crippen molar-refractivity contribution in [2.75, 3.05) is 13.1 Å². The fourth-order valence-corrected chi connectivity index (χ4v) is 5.29. The van der Waals surface area contributed by atoms with Gasteiger partial charge in [0.1, 0.15) is 11.4 Å². The van der Waals surface area contributed by atoms with Gasteiger partial charge in [-0.1, -0.05) is 36.0 Å². The van der Waals surface area contributed by atoms with Gasteiger partial charge in [-0.2, -0.15) is 10.4 Å². The molecule has 2 aliphatic rings. The van der Waals surface area contributed by atoms with Gasteiger partial charge in [0, 0.05) is 23.7 Å². The second-order valence-corrected chi connectivity index (χ2v) is 10.2. The molecule has 1 saturated heterocycles. The Bertz CT molecular complexity index is 1350. The summed E-state index contributed by atoms with van der Waals surface area (Å²) in [7, 11) is 0. The third-order valence-corrected chi connectivity index (χ3v) is 6.97. The molecular weight excluding hydrogens is 485 g/mol. The van der Waals surface area contributed by atoms with E-state index in [0.29, 0.717) is 38.3 Å². The lowest BCUT2D eigenvalue weighted by atomic mass is 9.88. The van der Waals surface area contributed by atoms with Crippen LogP contribution < -0.4 is 10.2 Å². The second-order valence-electron chi connectivity index (χ2n) is 9.36. The number of hydrogen-bond donors (Lipinski definition) is 1. The molecule has 1 N–H and O–H groups in total. The summed E-state index contributed by atoms with van der Waals surface area (Å²) in [4.78, 5) is 13.6. The van der Waals surface area contributed by atoms with Crippen molar-refractivity contribution in [2.45, 2.75) is 45.1 Å². The number of nitrogens with zero attached hydrogens (tertiary/aromatic N) is 4. The van der Waals surface area contributed by atoms with Gasteiger partial charge < -0.3 is 4.74 Å². The third kappa shape index (κ3) is 4.38. The van der Waals surface area contributed by atoms with E-state index in [1.54, 1.807) is 35.0 Å². The van der Waals surface area contributed by atoms with E-state index < -0.39 is 5.60 Å². The SMILES string of the molecule is CC1(C)Oc2cc(C#N)ccc2-c2c1c(C(=O)NN1CCCCCC1)nn2-c1ccc(Cl)cc1Cl. The van der Waals surface area contributed by atoms with E-state index in [0.717, 1.165) is 44.3 Å². The normalized spacial score (nSPS) is 16.9. The summed E-state index contributed by atoms with van der Waals surface area (Å²) in [5, 5.41) is 17.1. The van der Waals surface area contributed by atoms with Gasteiger partial charge in [0.2, 0.25) is 0 Å². The van der Waals surface area contributed by atoms with Crippen molar-refractivity contribution in [1.82, 2.24) is 20.2 Å². The predicted octanol–water partition coefficient (Wildman–Crippen LogP) is 5.87. The molecule has 180 valence electrons. The van der Waals surface area contributed by atoms with Crippen LogP contribution in [0.3, 0.4) is 0 Å². The molecule has 3 aromatic rings. The van der Waals surface area contributed by atoms with Gasteiger partial charge in [0.05, 0.1) is 33.6 Å². The standard InChI is InChI=1S/C26H25Cl2N5O2/c1-26(2)22-23(25(34)31-32-11-5-3-4-6-12-32)30-33(20-10-8-17(27)14-19(20)28)24(22)18-9-7-16(15-29)13-21(18)35-26/h7-10,13-14H,3-6,11-12H2,1-2H3,(H,31,34). The number of benzene rings is 2.